The number of anilines is 1. The van der Waals surface area contributed by atoms with Gasteiger partial charge in [-0.05, 0) is 73.2 Å². The van der Waals surface area contributed by atoms with Crippen molar-refractivity contribution in [2.24, 2.45) is 0 Å². The zero-order valence-corrected chi connectivity index (χ0v) is 22.0. The molecule has 0 radical (unpaired) electrons. The van der Waals surface area contributed by atoms with Crippen molar-refractivity contribution in [2.45, 2.75) is 13.0 Å². The number of para-hydroxylation sites is 1. The fraction of sp³-hybridized carbons (Fsp3) is 0.0667. The number of rotatable bonds is 6. The van der Waals surface area contributed by atoms with Crippen LogP contribution in [0.1, 0.15) is 24.1 Å². The van der Waals surface area contributed by atoms with Crippen LogP contribution >= 0.6 is 24.4 Å². The molecular formula is C30H23N3O3S2. The Morgan fingerprint density at radius 1 is 0.816 bits per heavy atom. The van der Waals surface area contributed by atoms with E-state index in [9.17, 15) is 9.59 Å². The molecule has 3 aromatic carbocycles. The molecule has 0 saturated carbocycles. The highest BCUT2D eigenvalue weighted by atomic mass is 32.1. The fourth-order valence-corrected chi connectivity index (χ4v) is 4.80. The second-order valence-corrected chi connectivity index (χ2v) is 9.40. The first kappa shape index (κ1) is 25.3. The van der Waals surface area contributed by atoms with Crippen LogP contribution in [-0.2, 0) is 9.59 Å². The molecule has 1 aliphatic heterocycles. The van der Waals surface area contributed by atoms with E-state index in [-0.39, 0.29) is 16.7 Å². The molecule has 2 amide bonds. The number of amides is 2. The number of aromatic nitrogens is 1. The number of carbonyl (C=O) groups excluding carboxylic acids is 2. The Bertz CT molecular complexity index is 1600. The molecule has 1 fully saturated rings. The predicted molar refractivity (Wildman–Crippen MR) is 155 cm³/mol. The van der Waals surface area contributed by atoms with Gasteiger partial charge in [0.25, 0.3) is 11.8 Å². The Kier molecular flexibility index (Phi) is 7.26. The quantitative estimate of drug-likeness (QED) is 0.174. The summed E-state index contributed by atoms with van der Waals surface area (Å²) in [6.45, 7) is 2.05. The molecule has 188 valence electrons. The lowest BCUT2D eigenvalue weighted by atomic mass is 10.1. The summed E-state index contributed by atoms with van der Waals surface area (Å²) in [5.74, 6) is 0.202. The Morgan fingerprint density at radius 3 is 2.13 bits per heavy atom. The molecular weight excluding hydrogens is 514 g/mol. The highest BCUT2D eigenvalue weighted by molar-refractivity contribution is 7.80. The molecule has 1 atom stereocenters. The van der Waals surface area contributed by atoms with Crippen LogP contribution in [0.4, 0.5) is 5.69 Å². The number of nitrogens with zero attached hydrogens (tertiary/aromatic N) is 2. The lowest BCUT2D eigenvalue weighted by molar-refractivity contribution is -0.122. The van der Waals surface area contributed by atoms with Crippen LogP contribution in [0.5, 0.6) is 11.5 Å². The van der Waals surface area contributed by atoms with Crippen molar-refractivity contribution in [2.75, 3.05) is 4.90 Å². The summed E-state index contributed by atoms with van der Waals surface area (Å²) in [5.41, 5.74) is 2.13. The molecule has 0 bridgehead atoms. The highest BCUT2D eigenvalue weighted by Gasteiger charge is 2.34. The van der Waals surface area contributed by atoms with E-state index < -0.39 is 11.8 Å². The van der Waals surface area contributed by atoms with Crippen molar-refractivity contribution in [1.29, 1.82) is 0 Å². The van der Waals surface area contributed by atoms with Crippen LogP contribution in [0, 0.1) is 4.64 Å². The second-order valence-electron chi connectivity index (χ2n) is 8.63. The van der Waals surface area contributed by atoms with E-state index in [4.69, 9.17) is 29.2 Å². The van der Waals surface area contributed by atoms with Gasteiger partial charge in [-0.15, -0.1) is 0 Å². The largest absolute Gasteiger partial charge is 0.457 e. The third-order valence-electron chi connectivity index (χ3n) is 6.18. The molecule has 1 aromatic heterocycles. The summed E-state index contributed by atoms with van der Waals surface area (Å²) in [5, 5.41) is 2.63. The van der Waals surface area contributed by atoms with Gasteiger partial charge in [0.05, 0.1) is 11.7 Å². The van der Waals surface area contributed by atoms with Gasteiger partial charge in [-0.25, -0.2) is 0 Å². The maximum Gasteiger partial charge on any atom is 0.270 e. The summed E-state index contributed by atoms with van der Waals surface area (Å²) < 4.78 is 8.29. The Labute approximate surface area is 230 Å². The maximum atomic E-state index is 13.5. The topological polar surface area (TPSA) is 63.6 Å². The van der Waals surface area contributed by atoms with Gasteiger partial charge in [0, 0.05) is 11.8 Å². The number of hydrogen-bond donors (Lipinski definition) is 1. The minimum absolute atomic E-state index is 0.00769. The Balaban J connectivity index is 1.43. The highest BCUT2D eigenvalue weighted by Crippen LogP contribution is 2.27. The molecule has 4 aromatic rings. The molecule has 1 unspecified atom stereocenters. The molecule has 5 rings (SSSR count). The van der Waals surface area contributed by atoms with Gasteiger partial charge < -0.3 is 9.30 Å². The molecule has 0 aliphatic carbocycles. The molecule has 1 saturated heterocycles. The van der Waals surface area contributed by atoms with Crippen molar-refractivity contribution in [3.05, 3.63) is 125 Å². The smallest absolute Gasteiger partial charge is 0.270 e. The third kappa shape index (κ3) is 5.18. The summed E-state index contributed by atoms with van der Waals surface area (Å²) in [4.78, 5) is 27.6. The van der Waals surface area contributed by atoms with Crippen molar-refractivity contribution in [3.63, 3.8) is 0 Å². The van der Waals surface area contributed by atoms with E-state index in [2.05, 4.69) is 5.32 Å². The van der Waals surface area contributed by atoms with E-state index in [1.54, 1.807) is 30.3 Å². The number of thiocarbonyl (C=S) groups is 1. The van der Waals surface area contributed by atoms with Gasteiger partial charge in [0.2, 0.25) is 0 Å². The third-order valence-corrected chi connectivity index (χ3v) is 6.91. The molecule has 0 spiro atoms. The van der Waals surface area contributed by atoms with Crippen LogP contribution in [0.2, 0.25) is 0 Å². The van der Waals surface area contributed by atoms with Gasteiger partial charge in [0.1, 0.15) is 21.7 Å². The van der Waals surface area contributed by atoms with Gasteiger partial charge in [-0.1, -0.05) is 66.8 Å². The van der Waals surface area contributed by atoms with Gasteiger partial charge in [-0.2, -0.15) is 0 Å². The summed E-state index contributed by atoms with van der Waals surface area (Å²) in [6, 6.07) is 29.9. The van der Waals surface area contributed by atoms with Crippen molar-refractivity contribution in [3.8, 4) is 11.5 Å². The Morgan fingerprint density at radius 2 is 1.45 bits per heavy atom. The van der Waals surface area contributed by atoms with Crippen LogP contribution in [0.15, 0.2) is 109 Å². The van der Waals surface area contributed by atoms with Gasteiger partial charge >= 0.3 is 0 Å². The number of benzene rings is 3. The molecule has 6 nitrogen and oxygen atoms in total. The summed E-state index contributed by atoms with van der Waals surface area (Å²) in [6.07, 6.45) is 3.42. The van der Waals surface area contributed by atoms with Crippen molar-refractivity contribution < 1.29 is 14.3 Å². The molecule has 38 heavy (non-hydrogen) atoms. The average Bonchev–Trinajstić information content (AvgIpc) is 2.93. The number of hydrogen-bond acceptors (Lipinski definition) is 5. The van der Waals surface area contributed by atoms with Crippen LogP contribution in [0.25, 0.3) is 6.08 Å². The monoisotopic (exact) mass is 537 g/mol. The number of ether oxygens (including phenoxy) is 1. The van der Waals surface area contributed by atoms with E-state index in [0.717, 1.165) is 5.56 Å². The molecule has 1 N–H and O–H groups in total. The minimum Gasteiger partial charge on any atom is -0.457 e. The maximum absolute atomic E-state index is 13.5. The second kappa shape index (κ2) is 10.9. The van der Waals surface area contributed by atoms with Crippen molar-refractivity contribution >= 4 is 53.1 Å². The van der Waals surface area contributed by atoms with Crippen LogP contribution in [-0.4, -0.2) is 21.5 Å². The SMILES string of the molecule is CC(c1ccccc1)n1cccc(/C=C2\C(=O)NC(=S)N(c3ccc(Oc4ccccc4)cc3)C2=O)c1=S. The predicted octanol–water partition coefficient (Wildman–Crippen LogP) is 6.45. The minimum atomic E-state index is -0.568. The molecule has 8 heteroatoms. The van der Waals surface area contributed by atoms with Gasteiger partial charge in [-0.3, -0.25) is 19.8 Å². The number of carbonyl (C=O) groups is 2. The first-order valence-corrected chi connectivity index (χ1v) is 12.7. The normalized spacial score (nSPS) is 15.3. The lowest BCUT2D eigenvalue weighted by Gasteiger charge is -2.29. The van der Waals surface area contributed by atoms with E-state index in [1.165, 1.54) is 11.0 Å². The average molecular weight is 538 g/mol. The van der Waals surface area contributed by atoms with E-state index in [1.807, 2.05) is 84.4 Å². The van der Waals surface area contributed by atoms with E-state index in [0.29, 0.717) is 27.4 Å². The standard InChI is InChI=1S/C30H23N3O3S2/c1-20(21-9-4-2-5-10-21)32-18-8-11-22(29(32)37)19-26-27(34)31-30(38)33(28(26)35)23-14-16-25(17-15-23)36-24-12-6-3-7-13-24/h2-20H,1H3,(H,31,34,38)/b26-19+. The first-order valence-electron chi connectivity index (χ1n) is 11.9. The molecule has 1 aliphatic rings. The van der Waals surface area contributed by atoms with E-state index >= 15 is 0 Å². The number of pyridine rings is 1. The zero-order chi connectivity index (χ0) is 26.6. The first-order chi connectivity index (χ1) is 18.4. The zero-order valence-electron chi connectivity index (χ0n) is 20.4. The fourth-order valence-electron chi connectivity index (χ4n) is 4.17. The summed E-state index contributed by atoms with van der Waals surface area (Å²) >= 11 is 11.1. The van der Waals surface area contributed by atoms with Crippen molar-refractivity contribution in [1.82, 2.24) is 9.88 Å². The van der Waals surface area contributed by atoms with Crippen LogP contribution < -0.4 is 15.0 Å². The number of nitrogens with one attached hydrogen (secondary N) is 1. The summed E-state index contributed by atoms with van der Waals surface area (Å²) in [7, 11) is 0. The molecule has 2 heterocycles. The Hall–Kier alpha value is -4.40. The van der Waals surface area contributed by atoms with Gasteiger partial charge in [0.15, 0.2) is 5.11 Å². The lowest BCUT2D eigenvalue weighted by Crippen LogP contribution is -2.54. The van der Waals surface area contributed by atoms with Crippen LogP contribution in [0.3, 0.4) is 0 Å².